The zero-order chi connectivity index (χ0) is 12.8. The lowest BCUT2D eigenvalue weighted by Gasteiger charge is -2.04. The highest BCUT2D eigenvalue weighted by Gasteiger charge is 2.14. The number of hydrogen-bond acceptors (Lipinski definition) is 4. The summed E-state index contributed by atoms with van der Waals surface area (Å²) in [5.41, 5.74) is 4.80. The highest BCUT2D eigenvalue weighted by atomic mass is 19.1. The quantitative estimate of drug-likeness (QED) is 0.601. The van der Waals surface area contributed by atoms with E-state index in [0.717, 1.165) is 12.1 Å². The van der Waals surface area contributed by atoms with Crippen LogP contribution < -0.4 is 11.1 Å². The van der Waals surface area contributed by atoms with Gasteiger partial charge in [-0.25, -0.2) is 0 Å². The molecule has 0 aliphatic carbocycles. The average molecular weight is 241 g/mol. The smallest absolute Gasteiger partial charge is 0.304 e. The molecule has 1 aromatic rings. The Morgan fingerprint density at radius 2 is 2.24 bits per heavy atom. The van der Waals surface area contributed by atoms with Crippen LogP contribution in [0.25, 0.3) is 0 Å². The minimum atomic E-state index is -0.980. The number of carbonyl (C=O) groups is 1. The fourth-order valence-corrected chi connectivity index (χ4v) is 1.22. The number of nitrogens with one attached hydrogen (secondary N) is 1. The molecule has 7 heteroatoms. The van der Waals surface area contributed by atoms with Gasteiger partial charge in [0.05, 0.1) is 4.92 Å². The number of nitrogens with zero attached hydrogens (tertiary/aromatic N) is 1. The van der Waals surface area contributed by atoms with E-state index in [0.29, 0.717) is 13.0 Å². The molecule has 6 nitrogen and oxygen atoms in total. The number of anilines is 1. The minimum Gasteiger partial charge on any atom is -0.330 e. The van der Waals surface area contributed by atoms with Gasteiger partial charge in [0.1, 0.15) is 0 Å². The van der Waals surface area contributed by atoms with Crippen molar-refractivity contribution >= 4 is 17.3 Å². The fraction of sp³-hybridized carbons (Fsp3) is 0.300. The van der Waals surface area contributed by atoms with Crippen LogP contribution in [-0.4, -0.2) is 17.4 Å². The molecule has 0 fully saturated rings. The summed E-state index contributed by atoms with van der Waals surface area (Å²) in [5, 5.41) is 12.8. The number of benzene rings is 1. The first-order chi connectivity index (χ1) is 8.04. The van der Waals surface area contributed by atoms with Crippen LogP contribution in [0.5, 0.6) is 0 Å². The molecule has 1 rings (SSSR count). The molecule has 0 saturated carbocycles. The third-order valence-corrected chi connectivity index (χ3v) is 2.04. The maximum absolute atomic E-state index is 13.2. The highest BCUT2D eigenvalue weighted by Crippen LogP contribution is 2.20. The van der Waals surface area contributed by atoms with Gasteiger partial charge in [-0.15, -0.1) is 0 Å². The fourth-order valence-electron chi connectivity index (χ4n) is 1.22. The normalized spacial score (nSPS) is 10.0. The van der Waals surface area contributed by atoms with Gasteiger partial charge in [-0.1, -0.05) is 0 Å². The predicted molar refractivity (Wildman–Crippen MR) is 60.0 cm³/mol. The average Bonchev–Trinajstić information content (AvgIpc) is 2.26. The number of rotatable bonds is 5. The van der Waals surface area contributed by atoms with E-state index in [2.05, 4.69) is 5.32 Å². The first kappa shape index (κ1) is 13.0. The Bertz CT molecular complexity index is 437. The third kappa shape index (κ3) is 3.80. The van der Waals surface area contributed by atoms with Crippen LogP contribution in [-0.2, 0) is 4.79 Å². The van der Waals surface area contributed by atoms with E-state index in [1.165, 1.54) is 6.07 Å². The van der Waals surface area contributed by atoms with E-state index in [-0.39, 0.29) is 18.0 Å². The SMILES string of the molecule is NCCCC(=O)Nc1ccc([N+](=O)[O-])c(F)c1. The Hall–Kier alpha value is -2.02. The molecule has 0 aliphatic rings. The zero-order valence-electron chi connectivity index (χ0n) is 8.98. The Labute approximate surface area is 96.8 Å². The number of nitro benzene ring substituents is 1. The van der Waals surface area contributed by atoms with Gasteiger partial charge in [0.15, 0.2) is 0 Å². The van der Waals surface area contributed by atoms with Crippen molar-refractivity contribution in [2.24, 2.45) is 5.73 Å². The number of hydrogen-bond donors (Lipinski definition) is 2. The van der Waals surface area contributed by atoms with Gasteiger partial charge in [0.25, 0.3) is 0 Å². The minimum absolute atomic E-state index is 0.190. The van der Waals surface area contributed by atoms with Crippen LogP contribution in [0.15, 0.2) is 18.2 Å². The van der Waals surface area contributed by atoms with Gasteiger partial charge in [0.2, 0.25) is 11.7 Å². The van der Waals surface area contributed by atoms with Crippen LogP contribution in [0.1, 0.15) is 12.8 Å². The molecule has 0 atom stereocenters. The number of amides is 1. The summed E-state index contributed by atoms with van der Waals surface area (Å²) in [6.07, 6.45) is 0.760. The monoisotopic (exact) mass is 241 g/mol. The van der Waals surface area contributed by atoms with Crippen molar-refractivity contribution in [3.63, 3.8) is 0 Å². The Morgan fingerprint density at radius 1 is 1.53 bits per heavy atom. The molecule has 0 spiro atoms. The zero-order valence-corrected chi connectivity index (χ0v) is 8.98. The summed E-state index contributed by atoms with van der Waals surface area (Å²) < 4.78 is 13.2. The summed E-state index contributed by atoms with van der Waals surface area (Å²) in [4.78, 5) is 20.8. The van der Waals surface area contributed by atoms with Crippen molar-refractivity contribution in [2.45, 2.75) is 12.8 Å². The molecular formula is C10H12FN3O3. The van der Waals surface area contributed by atoms with Crippen LogP contribution in [0.3, 0.4) is 0 Å². The number of nitro groups is 1. The summed E-state index contributed by atoms with van der Waals surface area (Å²) in [7, 11) is 0. The molecule has 92 valence electrons. The van der Waals surface area contributed by atoms with Crippen LogP contribution >= 0.6 is 0 Å². The molecule has 17 heavy (non-hydrogen) atoms. The van der Waals surface area contributed by atoms with E-state index in [1.54, 1.807) is 0 Å². The van der Waals surface area contributed by atoms with E-state index < -0.39 is 16.4 Å². The molecule has 0 heterocycles. The first-order valence-corrected chi connectivity index (χ1v) is 4.98. The number of carbonyl (C=O) groups excluding carboxylic acids is 1. The van der Waals surface area contributed by atoms with E-state index in [4.69, 9.17) is 5.73 Å². The predicted octanol–water partition coefficient (Wildman–Crippen LogP) is 1.41. The lowest BCUT2D eigenvalue weighted by molar-refractivity contribution is -0.387. The largest absolute Gasteiger partial charge is 0.330 e. The molecule has 0 aromatic heterocycles. The number of halogens is 1. The van der Waals surface area contributed by atoms with Crippen molar-refractivity contribution < 1.29 is 14.1 Å². The Morgan fingerprint density at radius 3 is 2.76 bits per heavy atom. The molecule has 0 bridgehead atoms. The Balaban J connectivity index is 2.70. The standard InChI is InChI=1S/C10H12FN3O3/c11-8-6-7(3-4-9(8)14(16)17)13-10(15)2-1-5-12/h3-4,6H,1-2,5,12H2,(H,13,15). The van der Waals surface area contributed by atoms with Gasteiger partial charge >= 0.3 is 5.69 Å². The molecule has 0 saturated heterocycles. The van der Waals surface area contributed by atoms with Crippen molar-refractivity contribution in [3.8, 4) is 0 Å². The molecule has 1 amide bonds. The van der Waals surface area contributed by atoms with Crippen LogP contribution in [0.4, 0.5) is 15.8 Å². The maximum atomic E-state index is 13.2. The van der Waals surface area contributed by atoms with Crippen LogP contribution in [0.2, 0.25) is 0 Å². The molecule has 0 unspecified atom stereocenters. The van der Waals surface area contributed by atoms with Crippen molar-refractivity contribution in [1.29, 1.82) is 0 Å². The molecule has 0 radical (unpaired) electrons. The lowest BCUT2D eigenvalue weighted by atomic mass is 10.2. The topological polar surface area (TPSA) is 98.3 Å². The van der Waals surface area contributed by atoms with Gasteiger partial charge in [-0.2, -0.15) is 4.39 Å². The molecule has 0 aliphatic heterocycles. The van der Waals surface area contributed by atoms with Crippen molar-refractivity contribution in [2.75, 3.05) is 11.9 Å². The lowest BCUT2D eigenvalue weighted by Crippen LogP contribution is -2.13. The third-order valence-electron chi connectivity index (χ3n) is 2.04. The van der Waals surface area contributed by atoms with E-state index in [1.807, 2.05) is 0 Å². The summed E-state index contributed by atoms with van der Waals surface area (Å²) in [6.45, 7) is 0.391. The second-order valence-corrected chi connectivity index (χ2v) is 3.36. The summed E-state index contributed by atoms with van der Waals surface area (Å²) in [5.74, 6) is -1.28. The highest BCUT2D eigenvalue weighted by molar-refractivity contribution is 5.90. The van der Waals surface area contributed by atoms with Gasteiger partial charge in [-0.3, -0.25) is 14.9 Å². The second kappa shape index (κ2) is 5.90. The van der Waals surface area contributed by atoms with Crippen molar-refractivity contribution in [3.05, 3.63) is 34.1 Å². The number of nitrogens with two attached hydrogens (primary N) is 1. The molecule has 1 aromatic carbocycles. The van der Waals surface area contributed by atoms with E-state index >= 15 is 0 Å². The first-order valence-electron chi connectivity index (χ1n) is 4.98. The molecular weight excluding hydrogens is 229 g/mol. The van der Waals surface area contributed by atoms with Crippen LogP contribution in [0, 0.1) is 15.9 Å². The summed E-state index contributed by atoms with van der Waals surface area (Å²) >= 11 is 0. The van der Waals surface area contributed by atoms with Gasteiger partial charge in [0, 0.05) is 24.2 Å². The van der Waals surface area contributed by atoms with E-state index in [9.17, 15) is 19.3 Å². The summed E-state index contributed by atoms with van der Waals surface area (Å²) in [6, 6.07) is 3.20. The van der Waals surface area contributed by atoms with Gasteiger partial charge in [-0.05, 0) is 19.0 Å². The van der Waals surface area contributed by atoms with Gasteiger partial charge < -0.3 is 11.1 Å². The second-order valence-electron chi connectivity index (χ2n) is 3.36. The molecule has 3 N–H and O–H groups in total. The Kier molecular flexibility index (Phi) is 4.53. The maximum Gasteiger partial charge on any atom is 0.304 e. The van der Waals surface area contributed by atoms with Crippen molar-refractivity contribution in [1.82, 2.24) is 0 Å².